The summed E-state index contributed by atoms with van der Waals surface area (Å²) in [7, 11) is 0. The molecular weight excluding hydrogens is 248 g/mol. The highest BCUT2D eigenvalue weighted by Crippen LogP contribution is 2.42. The van der Waals surface area contributed by atoms with Gasteiger partial charge >= 0.3 is 0 Å². The minimum Gasteiger partial charge on any atom is -0.393 e. The minimum atomic E-state index is -0.0840. The molecular formula is C18H34O2. The number of rotatable bonds is 7. The third kappa shape index (κ3) is 4.73. The Kier molecular flexibility index (Phi) is 6.83. The second kappa shape index (κ2) is 8.38. The molecule has 118 valence electrons. The van der Waals surface area contributed by atoms with Gasteiger partial charge in [-0.1, -0.05) is 58.3 Å². The first-order chi connectivity index (χ1) is 9.76. The van der Waals surface area contributed by atoms with Crippen LogP contribution in [-0.2, 0) is 4.74 Å². The van der Waals surface area contributed by atoms with Gasteiger partial charge in [-0.2, -0.15) is 0 Å². The zero-order chi connectivity index (χ0) is 14.3. The summed E-state index contributed by atoms with van der Waals surface area (Å²) >= 11 is 0. The molecule has 2 aliphatic rings. The Morgan fingerprint density at radius 1 is 1.10 bits per heavy atom. The number of ether oxygens (including phenoxy) is 1. The van der Waals surface area contributed by atoms with E-state index in [0.717, 1.165) is 25.9 Å². The van der Waals surface area contributed by atoms with Crippen LogP contribution >= 0.6 is 0 Å². The fraction of sp³-hybridized carbons (Fsp3) is 1.00. The Labute approximate surface area is 125 Å². The van der Waals surface area contributed by atoms with Gasteiger partial charge in [0, 0.05) is 6.61 Å². The highest BCUT2D eigenvalue weighted by molar-refractivity contribution is 4.91. The van der Waals surface area contributed by atoms with Crippen LogP contribution in [0, 0.1) is 5.92 Å². The van der Waals surface area contributed by atoms with Crippen LogP contribution in [0.5, 0.6) is 0 Å². The molecule has 0 amide bonds. The zero-order valence-corrected chi connectivity index (χ0v) is 13.4. The molecule has 1 heterocycles. The summed E-state index contributed by atoms with van der Waals surface area (Å²) in [6.07, 6.45) is 16.0. The van der Waals surface area contributed by atoms with Crippen LogP contribution in [0.2, 0.25) is 0 Å². The number of hydrogen-bond acceptors (Lipinski definition) is 2. The van der Waals surface area contributed by atoms with E-state index in [1.54, 1.807) is 0 Å². The molecule has 2 rings (SSSR count). The van der Waals surface area contributed by atoms with Crippen LogP contribution in [-0.4, -0.2) is 23.4 Å². The van der Waals surface area contributed by atoms with Gasteiger partial charge in [0.15, 0.2) is 0 Å². The maximum absolute atomic E-state index is 10.5. The molecule has 2 fully saturated rings. The first-order valence-corrected chi connectivity index (χ1v) is 9.08. The van der Waals surface area contributed by atoms with Crippen LogP contribution in [0.15, 0.2) is 0 Å². The quantitative estimate of drug-likeness (QED) is 0.677. The molecule has 1 saturated heterocycles. The summed E-state index contributed by atoms with van der Waals surface area (Å²) in [5.41, 5.74) is 0.143. The van der Waals surface area contributed by atoms with Gasteiger partial charge in [0.25, 0.3) is 0 Å². The molecule has 2 unspecified atom stereocenters. The van der Waals surface area contributed by atoms with Crippen LogP contribution in [0.3, 0.4) is 0 Å². The van der Waals surface area contributed by atoms with Crippen molar-refractivity contribution < 1.29 is 9.84 Å². The summed E-state index contributed by atoms with van der Waals surface area (Å²) in [6.45, 7) is 3.12. The largest absolute Gasteiger partial charge is 0.393 e. The molecule has 20 heavy (non-hydrogen) atoms. The Morgan fingerprint density at radius 2 is 1.85 bits per heavy atom. The molecule has 0 aromatic heterocycles. The molecule has 2 nitrogen and oxygen atoms in total. The smallest absolute Gasteiger partial charge is 0.0686 e. The lowest BCUT2D eigenvalue weighted by Crippen LogP contribution is -2.44. The molecule has 0 aromatic rings. The second-order valence-electron chi connectivity index (χ2n) is 7.12. The average molecular weight is 282 g/mol. The van der Waals surface area contributed by atoms with Crippen molar-refractivity contribution in [3.05, 3.63) is 0 Å². The SMILES string of the molecule is CCCCCCCC(O)C1CCOC2(CCCCC2)C1. The van der Waals surface area contributed by atoms with Crippen LogP contribution in [0.25, 0.3) is 0 Å². The van der Waals surface area contributed by atoms with E-state index in [-0.39, 0.29) is 11.7 Å². The van der Waals surface area contributed by atoms with Crippen LogP contribution in [0.4, 0.5) is 0 Å². The lowest BCUT2D eigenvalue weighted by Gasteiger charge is -2.44. The third-order valence-corrected chi connectivity index (χ3v) is 5.44. The molecule has 1 aliphatic heterocycles. The van der Waals surface area contributed by atoms with Crippen molar-refractivity contribution in [2.45, 2.75) is 102 Å². The van der Waals surface area contributed by atoms with Gasteiger partial charge in [0.05, 0.1) is 11.7 Å². The average Bonchev–Trinajstić information content (AvgIpc) is 2.48. The number of aliphatic hydroxyl groups is 1. The number of aliphatic hydroxyl groups excluding tert-OH is 1. The molecule has 1 saturated carbocycles. The van der Waals surface area contributed by atoms with Crippen molar-refractivity contribution in [2.24, 2.45) is 5.92 Å². The van der Waals surface area contributed by atoms with E-state index in [4.69, 9.17) is 4.74 Å². The van der Waals surface area contributed by atoms with Crippen LogP contribution < -0.4 is 0 Å². The zero-order valence-electron chi connectivity index (χ0n) is 13.4. The number of hydrogen-bond donors (Lipinski definition) is 1. The Hall–Kier alpha value is -0.0800. The fourth-order valence-corrected chi connectivity index (χ4v) is 4.13. The van der Waals surface area contributed by atoms with E-state index in [9.17, 15) is 5.11 Å². The second-order valence-corrected chi connectivity index (χ2v) is 7.12. The Bertz CT molecular complexity index is 253. The molecule has 1 N–H and O–H groups in total. The summed E-state index contributed by atoms with van der Waals surface area (Å²) in [4.78, 5) is 0. The molecule has 0 bridgehead atoms. The normalized spacial score (nSPS) is 27.6. The van der Waals surface area contributed by atoms with Crippen LogP contribution in [0.1, 0.15) is 90.4 Å². The molecule has 2 heteroatoms. The maximum atomic E-state index is 10.5. The van der Waals surface area contributed by atoms with Gasteiger partial charge in [-0.05, 0) is 38.0 Å². The topological polar surface area (TPSA) is 29.5 Å². The van der Waals surface area contributed by atoms with E-state index in [1.807, 2.05) is 0 Å². The number of unbranched alkanes of at least 4 members (excludes halogenated alkanes) is 4. The van der Waals surface area contributed by atoms with Crippen molar-refractivity contribution in [3.8, 4) is 0 Å². The standard InChI is InChI=1S/C18H34O2/c1-2-3-4-5-7-10-17(19)16-11-14-20-18(15-16)12-8-6-9-13-18/h16-17,19H,2-15H2,1H3. The Morgan fingerprint density at radius 3 is 2.60 bits per heavy atom. The van der Waals surface area contributed by atoms with Crippen molar-refractivity contribution >= 4 is 0 Å². The van der Waals surface area contributed by atoms with Gasteiger partial charge in [-0.15, -0.1) is 0 Å². The predicted molar refractivity (Wildman–Crippen MR) is 83.9 cm³/mol. The first-order valence-electron chi connectivity index (χ1n) is 9.08. The van der Waals surface area contributed by atoms with Crippen molar-refractivity contribution in [1.29, 1.82) is 0 Å². The highest BCUT2D eigenvalue weighted by Gasteiger charge is 2.40. The monoisotopic (exact) mass is 282 g/mol. The molecule has 0 aromatic carbocycles. The predicted octanol–water partition coefficient (Wildman–Crippen LogP) is 4.84. The maximum Gasteiger partial charge on any atom is 0.0686 e. The Balaban J connectivity index is 1.70. The summed E-state index contributed by atoms with van der Waals surface area (Å²) in [5.74, 6) is 0.494. The third-order valence-electron chi connectivity index (χ3n) is 5.44. The van der Waals surface area contributed by atoms with Gasteiger partial charge in [-0.3, -0.25) is 0 Å². The minimum absolute atomic E-state index is 0.0840. The molecule has 0 radical (unpaired) electrons. The first kappa shape index (κ1) is 16.3. The molecule has 1 spiro atoms. The van der Waals surface area contributed by atoms with Crippen molar-refractivity contribution in [2.75, 3.05) is 6.61 Å². The van der Waals surface area contributed by atoms with Gasteiger partial charge < -0.3 is 9.84 Å². The fourth-order valence-electron chi connectivity index (χ4n) is 4.13. The van der Waals surface area contributed by atoms with E-state index in [0.29, 0.717) is 5.92 Å². The van der Waals surface area contributed by atoms with Gasteiger partial charge in [0.2, 0.25) is 0 Å². The van der Waals surface area contributed by atoms with Gasteiger partial charge in [-0.25, -0.2) is 0 Å². The van der Waals surface area contributed by atoms with E-state index < -0.39 is 0 Å². The van der Waals surface area contributed by atoms with Crippen molar-refractivity contribution in [3.63, 3.8) is 0 Å². The summed E-state index contributed by atoms with van der Waals surface area (Å²) in [5, 5.41) is 10.5. The highest BCUT2D eigenvalue weighted by atomic mass is 16.5. The molecule has 1 aliphatic carbocycles. The lowest BCUT2D eigenvalue weighted by molar-refractivity contribution is -0.134. The van der Waals surface area contributed by atoms with E-state index in [1.165, 1.54) is 64.2 Å². The lowest BCUT2D eigenvalue weighted by atomic mass is 9.74. The van der Waals surface area contributed by atoms with E-state index in [2.05, 4.69) is 6.92 Å². The molecule has 2 atom stereocenters. The van der Waals surface area contributed by atoms with Crippen molar-refractivity contribution in [1.82, 2.24) is 0 Å². The summed E-state index contributed by atoms with van der Waals surface area (Å²) in [6, 6.07) is 0. The van der Waals surface area contributed by atoms with E-state index >= 15 is 0 Å². The summed E-state index contributed by atoms with van der Waals surface area (Å²) < 4.78 is 6.13. The van der Waals surface area contributed by atoms with Gasteiger partial charge in [0.1, 0.15) is 0 Å².